The Labute approximate surface area is 174 Å². The van der Waals surface area contributed by atoms with Gasteiger partial charge in [0.05, 0.1) is 17.5 Å². The number of para-hydroxylation sites is 2. The number of piperazine rings is 2. The summed E-state index contributed by atoms with van der Waals surface area (Å²) in [6.07, 6.45) is 0.182. The zero-order chi connectivity index (χ0) is 20.4. The molecule has 7 heteroatoms. The molecule has 1 N–H and O–H groups in total. The van der Waals surface area contributed by atoms with Gasteiger partial charge in [0.15, 0.2) is 0 Å². The van der Waals surface area contributed by atoms with Gasteiger partial charge in [0.2, 0.25) is 0 Å². The summed E-state index contributed by atoms with van der Waals surface area (Å²) in [4.78, 5) is 19.7. The normalized spacial score (nSPS) is 23.3. The number of fused-ring (bicyclic) bond motifs is 1. The molecule has 1 atom stereocenters. The van der Waals surface area contributed by atoms with Gasteiger partial charge in [-0.2, -0.15) is 0 Å². The lowest BCUT2D eigenvalue weighted by Gasteiger charge is -2.41. The second kappa shape index (κ2) is 8.81. The van der Waals surface area contributed by atoms with Crippen LogP contribution in [0.1, 0.15) is 13.3 Å². The van der Waals surface area contributed by atoms with Gasteiger partial charge in [-0.05, 0) is 32.6 Å². The highest BCUT2D eigenvalue weighted by Crippen LogP contribution is 2.34. The van der Waals surface area contributed by atoms with Crippen molar-refractivity contribution >= 4 is 23.0 Å². The van der Waals surface area contributed by atoms with E-state index in [2.05, 4.69) is 33.7 Å². The van der Waals surface area contributed by atoms with E-state index in [-0.39, 0.29) is 5.92 Å². The van der Waals surface area contributed by atoms with Crippen LogP contribution in [-0.2, 0) is 0 Å². The molecule has 0 spiro atoms. The molecule has 0 amide bonds. The summed E-state index contributed by atoms with van der Waals surface area (Å²) >= 11 is 0. The number of nitrogens with zero attached hydrogens (tertiary/aromatic N) is 6. The predicted octanol–water partition coefficient (Wildman–Crippen LogP) is 1.64. The Balaban J connectivity index is 1.78. The Morgan fingerprint density at radius 2 is 1.24 bits per heavy atom. The van der Waals surface area contributed by atoms with E-state index < -0.39 is 6.10 Å². The third kappa shape index (κ3) is 4.32. The van der Waals surface area contributed by atoms with E-state index in [4.69, 9.17) is 9.98 Å². The topological polar surface area (TPSA) is 57.9 Å². The van der Waals surface area contributed by atoms with Crippen molar-refractivity contribution in [1.29, 1.82) is 0 Å². The van der Waals surface area contributed by atoms with Crippen molar-refractivity contribution in [2.75, 3.05) is 66.5 Å². The summed E-state index contributed by atoms with van der Waals surface area (Å²) < 4.78 is 0. The van der Waals surface area contributed by atoms with Gasteiger partial charge >= 0.3 is 0 Å². The number of hydrogen-bond acceptors (Lipinski definition) is 7. The smallest absolute Gasteiger partial charge is 0.118 e. The van der Waals surface area contributed by atoms with E-state index in [0.717, 1.165) is 75.4 Å². The lowest BCUT2D eigenvalue weighted by molar-refractivity contribution is 0.135. The van der Waals surface area contributed by atoms with Crippen LogP contribution in [0.3, 0.4) is 0 Å². The Bertz CT molecular complexity index is 703. The molecule has 0 radical (unpaired) electrons. The highest BCUT2D eigenvalue weighted by atomic mass is 16.3. The number of aliphatic imine (C=N–C) groups is 2. The minimum atomic E-state index is -0.499. The number of aliphatic hydroxyl groups excluding tert-OH is 1. The highest BCUT2D eigenvalue weighted by molar-refractivity contribution is 6.09. The van der Waals surface area contributed by atoms with E-state index in [9.17, 15) is 5.11 Å². The van der Waals surface area contributed by atoms with E-state index in [1.807, 2.05) is 31.2 Å². The summed E-state index contributed by atoms with van der Waals surface area (Å²) in [5, 5.41) is 11.2. The molecule has 0 aromatic heterocycles. The zero-order valence-electron chi connectivity index (χ0n) is 18.0. The van der Waals surface area contributed by atoms with Crippen LogP contribution in [0.15, 0.2) is 34.3 Å². The molecule has 1 aromatic carbocycles. The van der Waals surface area contributed by atoms with Crippen LogP contribution in [0.5, 0.6) is 0 Å². The average molecular weight is 399 g/mol. The first-order chi connectivity index (χ1) is 14.1. The Morgan fingerprint density at radius 3 is 1.62 bits per heavy atom. The van der Waals surface area contributed by atoms with Gasteiger partial charge in [0.1, 0.15) is 17.6 Å². The highest BCUT2D eigenvalue weighted by Gasteiger charge is 2.38. The summed E-state index contributed by atoms with van der Waals surface area (Å²) in [5.41, 5.74) is 1.80. The lowest BCUT2D eigenvalue weighted by atomic mass is 9.94. The number of hydrogen-bond donors (Lipinski definition) is 1. The third-order valence-corrected chi connectivity index (χ3v) is 6.37. The molecule has 29 heavy (non-hydrogen) atoms. The second-order valence-corrected chi connectivity index (χ2v) is 8.46. The molecule has 3 aliphatic heterocycles. The SMILES string of the molecule is CC[C@@H](O)C1C(N2CCN(C)CC2)=Nc2ccccc2N=C1N1CCN(C)CC1. The van der Waals surface area contributed by atoms with Crippen LogP contribution >= 0.6 is 0 Å². The van der Waals surface area contributed by atoms with Crippen molar-refractivity contribution < 1.29 is 5.11 Å². The number of aliphatic hydroxyl groups is 1. The van der Waals surface area contributed by atoms with Crippen molar-refractivity contribution in [1.82, 2.24) is 19.6 Å². The molecule has 1 aromatic rings. The van der Waals surface area contributed by atoms with Gasteiger partial charge in [0.25, 0.3) is 0 Å². The molecule has 0 bridgehead atoms. The van der Waals surface area contributed by atoms with Gasteiger partial charge in [-0.15, -0.1) is 0 Å². The van der Waals surface area contributed by atoms with E-state index in [1.165, 1.54) is 0 Å². The van der Waals surface area contributed by atoms with Gasteiger partial charge in [-0.1, -0.05) is 19.1 Å². The zero-order valence-corrected chi connectivity index (χ0v) is 18.0. The maximum absolute atomic E-state index is 11.2. The van der Waals surface area contributed by atoms with Crippen LogP contribution in [0.4, 0.5) is 11.4 Å². The molecule has 0 unspecified atom stereocenters. The summed E-state index contributed by atoms with van der Waals surface area (Å²) in [7, 11) is 4.33. The standard InChI is InChI=1S/C22H34N6O/c1-4-19(29)20-21(27-13-9-25(2)10-14-27)23-17-7-5-6-8-18(17)24-22(20)28-15-11-26(3)12-16-28/h5-8,19-20,29H,4,9-16H2,1-3H3/t19-/m1/s1. The molecular weight excluding hydrogens is 364 g/mol. The van der Waals surface area contributed by atoms with Gasteiger partial charge in [-0.3, -0.25) is 0 Å². The van der Waals surface area contributed by atoms with Crippen molar-refractivity contribution in [3.63, 3.8) is 0 Å². The summed E-state index contributed by atoms with van der Waals surface area (Å²) in [6, 6.07) is 8.12. The Hall–Kier alpha value is -1.96. The number of likely N-dealkylation sites (N-methyl/N-ethyl adjacent to an activating group) is 2. The summed E-state index contributed by atoms with van der Waals surface area (Å²) in [5.74, 6) is 1.77. The maximum Gasteiger partial charge on any atom is 0.118 e. The third-order valence-electron chi connectivity index (χ3n) is 6.37. The molecule has 2 saturated heterocycles. The molecular formula is C22H34N6O. The molecule has 3 aliphatic rings. The van der Waals surface area contributed by atoms with Crippen LogP contribution in [0, 0.1) is 5.92 Å². The minimum absolute atomic E-state index is 0.195. The lowest BCUT2D eigenvalue weighted by Crippen LogP contribution is -2.56. The van der Waals surface area contributed by atoms with E-state index >= 15 is 0 Å². The van der Waals surface area contributed by atoms with E-state index in [0.29, 0.717) is 6.42 Å². The molecule has 3 heterocycles. The van der Waals surface area contributed by atoms with Gasteiger partial charge in [0, 0.05) is 52.4 Å². The molecule has 0 saturated carbocycles. The van der Waals surface area contributed by atoms with Crippen LogP contribution in [-0.4, -0.2) is 109 Å². The molecule has 0 aliphatic carbocycles. The van der Waals surface area contributed by atoms with Crippen molar-refractivity contribution in [3.05, 3.63) is 24.3 Å². The number of amidine groups is 2. The van der Waals surface area contributed by atoms with Crippen LogP contribution in [0.25, 0.3) is 0 Å². The van der Waals surface area contributed by atoms with Crippen molar-refractivity contribution in [2.24, 2.45) is 15.9 Å². The van der Waals surface area contributed by atoms with Crippen molar-refractivity contribution in [2.45, 2.75) is 19.4 Å². The van der Waals surface area contributed by atoms with E-state index in [1.54, 1.807) is 0 Å². The van der Waals surface area contributed by atoms with Crippen molar-refractivity contribution in [3.8, 4) is 0 Å². The van der Waals surface area contributed by atoms with Crippen LogP contribution < -0.4 is 0 Å². The minimum Gasteiger partial charge on any atom is -0.392 e. The first-order valence-corrected chi connectivity index (χ1v) is 10.9. The van der Waals surface area contributed by atoms with Gasteiger partial charge in [-0.25, -0.2) is 9.98 Å². The molecule has 4 rings (SSSR count). The predicted molar refractivity (Wildman–Crippen MR) is 119 cm³/mol. The number of rotatable bonds is 2. The Kier molecular flexibility index (Phi) is 6.18. The fourth-order valence-electron chi connectivity index (χ4n) is 4.34. The monoisotopic (exact) mass is 398 g/mol. The van der Waals surface area contributed by atoms with Gasteiger partial charge < -0.3 is 24.7 Å². The first kappa shape index (κ1) is 20.3. The summed E-state index contributed by atoms with van der Waals surface area (Å²) in [6.45, 7) is 9.81. The first-order valence-electron chi connectivity index (χ1n) is 10.9. The molecule has 2 fully saturated rings. The molecule has 7 nitrogen and oxygen atoms in total. The number of benzene rings is 1. The largest absolute Gasteiger partial charge is 0.392 e. The quantitative estimate of drug-likeness (QED) is 0.821. The van der Waals surface area contributed by atoms with Crippen LogP contribution in [0.2, 0.25) is 0 Å². The Morgan fingerprint density at radius 1 is 0.828 bits per heavy atom. The average Bonchev–Trinajstić information content (AvgIpc) is 2.91. The second-order valence-electron chi connectivity index (χ2n) is 8.46. The maximum atomic E-state index is 11.2. The fraction of sp³-hybridized carbons (Fsp3) is 0.636. The fourth-order valence-corrected chi connectivity index (χ4v) is 4.34. The molecule has 158 valence electrons.